The summed E-state index contributed by atoms with van der Waals surface area (Å²) in [5.74, 6) is 0.141. The monoisotopic (exact) mass is 363 g/mol. The second kappa shape index (κ2) is 8.20. The van der Waals surface area contributed by atoms with Gasteiger partial charge in [0.05, 0.1) is 6.54 Å². The van der Waals surface area contributed by atoms with Crippen molar-refractivity contribution >= 4 is 5.91 Å². The number of rotatable bonds is 6. The Labute approximate surface area is 159 Å². The molecule has 1 fully saturated rings. The van der Waals surface area contributed by atoms with Gasteiger partial charge in [-0.15, -0.1) is 0 Å². The van der Waals surface area contributed by atoms with E-state index in [0.29, 0.717) is 6.54 Å². The van der Waals surface area contributed by atoms with Gasteiger partial charge in [-0.1, -0.05) is 12.1 Å². The predicted octanol–water partition coefficient (Wildman–Crippen LogP) is 3.21. The normalized spacial score (nSPS) is 17.2. The lowest BCUT2D eigenvalue weighted by molar-refractivity contribution is 0.0594. The molecule has 0 N–H and O–H groups in total. The summed E-state index contributed by atoms with van der Waals surface area (Å²) in [7, 11) is 0. The molecule has 0 spiro atoms. The van der Waals surface area contributed by atoms with Gasteiger partial charge in [-0.25, -0.2) is 0 Å². The number of nitrogens with zero attached hydrogens (tertiary/aromatic N) is 5. The molecular formula is C21H25N5O. The Morgan fingerprint density at radius 1 is 1.04 bits per heavy atom. The number of benzene rings is 1. The van der Waals surface area contributed by atoms with Gasteiger partial charge >= 0.3 is 0 Å². The van der Waals surface area contributed by atoms with Crippen LogP contribution in [-0.4, -0.2) is 43.0 Å². The number of amides is 1. The number of likely N-dealkylation sites (tertiary alicyclic amines) is 1. The van der Waals surface area contributed by atoms with Crippen LogP contribution in [0.5, 0.6) is 0 Å². The highest BCUT2D eigenvalue weighted by Gasteiger charge is 2.27. The van der Waals surface area contributed by atoms with Crippen molar-refractivity contribution in [3.63, 3.8) is 0 Å². The van der Waals surface area contributed by atoms with Gasteiger partial charge in [0, 0.05) is 49.5 Å². The van der Waals surface area contributed by atoms with Crippen LogP contribution in [0.2, 0.25) is 0 Å². The SMILES string of the molecule is O=C(c1cccc(Cn2cccn2)c1)N1CCCC[C@H]1CCn1cccn1. The van der Waals surface area contributed by atoms with Crippen LogP contribution in [0.1, 0.15) is 41.6 Å². The van der Waals surface area contributed by atoms with Crippen LogP contribution in [0, 0.1) is 0 Å². The first-order chi connectivity index (χ1) is 13.3. The molecule has 0 radical (unpaired) electrons. The molecular weight excluding hydrogens is 338 g/mol. The average molecular weight is 363 g/mol. The third-order valence-electron chi connectivity index (χ3n) is 5.22. The van der Waals surface area contributed by atoms with Crippen LogP contribution in [0.3, 0.4) is 0 Å². The predicted molar refractivity (Wildman–Crippen MR) is 103 cm³/mol. The van der Waals surface area contributed by atoms with E-state index in [0.717, 1.165) is 43.5 Å². The third kappa shape index (κ3) is 4.27. The number of hydrogen-bond donors (Lipinski definition) is 0. The molecule has 0 bridgehead atoms. The molecule has 27 heavy (non-hydrogen) atoms. The summed E-state index contributed by atoms with van der Waals surface area (Å²) < 4.78 is 3.82. The lowest BCUT2D eigenvalue weighted by Gasteiger charge is -2.36. The maximum absolute atomic E-state index is 13.2. The lowest BCUT2D eigenvalue weighted by Crippen LogP contribution is -2.44. The van der Waals surface area contributed by atoms with Gasteiger partial charge in [0.1, 0.15) is 0 Å². The summed E-state index contributed by atoms with van der Waals surface area (Å²) in [6, 6.07) is 12.1. The molecule has 1 aliphatic heterocycles. The number of piperidine rings is 1. The van der Waals surface area contributed by atoms with Crippen molar-refractivity contribution in [2.24, 2.45) is 0 Å². The standard InChI is InChI=1S/C21H25N5O/c27-21(19-7-3-6-18(16-19)17-25-13-5-11-23-25)26-14-2-1-8-20(26)9-15-24-12-4-10-22-24/h3-7,10-13,16,20H,1-2,8-9,14-15,17H2/t20-/m0/s1. The van der Waals surface area contributed by atoms with Crippen LogP contribution >= 0.6 is 0 Å². The van der Waals surface area contributed by atoms with Crippen molar-refractivity contribution in [3.8, 4) is 0 Å². The Kier molecular flexibility index (Phi) is 5.32. The van der Waals surface area contributed by atoms with Gasteiger partial charge in [-0.3, -0.25) is 14.2 Å². The molecule has 1 aromatic carbocycles. The molecule has 1 amide bonds. The fraction of sp³-hybridized carbons (Fsp3) is 0.381. The van der Waals surface area contributed by atoms with Gasteiger partial charge in [0.2, 0.25) is 0 Å². The maximum atomic E-state index is 13.2. The molecule has 1 saturated heterocycles. The number of aryl methyl sites for hydroxylation is 1. The summed E-state index contributed by atoms with van der Waals surface area (Å²) in [6.45, 7) is 2.36. The van der Waals surface area contributed by atoms with E-state index >= 15 is 0 Å². The fourth-order valence-electron chi connectivity index (χ4n) is 3.83. The van der Waals surface area contributed by atoms with E-state index in [1.807, 2.05) is 58.2 Å². The van der Waals surface area contributed by atoms with Gasteiger partial charge in [-0.2, -0.15) is 10.2 Å². The molecule has 3 aromatic rings. The van der Waals surface area contributed by atoms with Crippen molar-refractivity contribution in [3.05, 3.63) is 72.3 Å². The quantitative estimate of drug-likeness (QED) is 0.676. The van der Waals surface area contributed by atoms with E-state index in [2.05, 4.69) is 15.1 Å². The van der Waals surface area contributed by atoms with Gasteiger partial charge in [0.25, 0.3) is 5.91 Å². The van der Waals surface area contributed by atoms with Crippen LogP contribution in [0.15, 0.2) is 61.2 Å². The highest BCUT2D eigenvalue weighted by molar-refractivity contribution is 5.94. The van der Waals surface area contributed by atoms with Crippen molar-refractivity contribution in [1.29, 1.82) is 0 Å². The molecule has 0 saturated carbocycles. The van der Waals surface area contributed by atoms with Gasteiger partial charge < -0.3 is 4.90 Å². The zero-order valence-corrected chi connectivity index (χ0v) is 15.4. The molecule has 0 unspecified atom stereocenters. The maximum Gasteiger partial charge on any atom is 0.254 e. The fourth-order valence-corrected chi connectivity index (χ4v) is 3.83. The van der Waals surface area contributed by atoms with Crippen LogP contribution in [0.25, 0.3) is 0 Å². The minimum Gasteiger partial charge on any atom is -0.336 e. The van der Waals surface area contributed by atoms with E-state index in [1.165, 1.54) is 6.42 Å². The van der Waals surface area contributed by atoms with Crippen molar-refractivity contribution < 1.29 is 4.79 Å². The first-order valence-electron chi connectivity index (χ1n) is 9.64. The summed E-state index contributed by atoms with van der Waals surface area (Å²) in [5, 5.41) is 8.53. The molecule has 0 aliphatic carbocycles. The molecule has 1 atom stereocenters. The van der Waals surface area contributed by atoms with E-state index in [-0.39, 0.29) is 11.9 Å². The summed E-state index contributed by atoms with van der Waals surface area (Å²) in [4.78, 5) is 15.3. The summed E-state index contributed by atoms with van der Waals surface area (Å²) >= 11 is 0. The molecule has 6 heteroatoms. The second-order valence-electron chi connectivity index (χ2n) is 7.11. The smallest absolute Gasteiger partial charge is 0.254 e. The first kappa shape index (κ1) is 17.5. The van der Waals surface area contributed by atoms with Crippen LogP contribution < -0.4 is 0 Å². The van der Waals surface area contributed by atoms with Gasteiger partial charge in [0.15, 0.2) is 0 Å². The lowest BCUT2D eigenvalue weighted by atomic mass is 9.97. The first-order valence-corrected chi connectivity index (χ1v) is 9.64. The van der Waals surface area contributed by atoms with E-state index in [9.17, 15) is 4.79 Å². The Morgan fingerprint density at radius 3 is 2.63 bits per heavy atom. The number of aromatic nitrogens is 4. The Balaban J connectivity index is 1.46. The van der Waals surface area contributed by atoms with Crippen molar-refractivity contribution in [2.45, 2.75) is 44.8 Å². The van der Waals surface area contributed by atoms with Gasteiger partial charge in [-0.05, 0) is 55.5 Å². The third-order valence-corrected chi connectivity index (χ3v) is 5.22. The topological polar surface area (TPSA) is 56.0 Å². The minimum absolute atomic E-state index is 0.141. The van der Waals surface area contributed by atoms with E-state index in [1.54, 1.807) is 12.4 Å². The van der Waals surface area contributed by atoms with E-state index in [4.69, 9.17) is 0 Å². The molecule has 2 aromatic heterocycles. The summed E-state index contributed by atoms with van der Waals surface area (Å²) in [5.41, 5.74) is 1.86. The highest BCUT2D eigenvalue weighted by atomic mass is 16.2. The Morgan fingerprint density at radius 2 is 1.85 bits per heavy atom. The second-order valence-corrected chi connectivity index (χ2v) is 7.11. The molecule has 3 heterocycles. The largest absolute Gasteiger partial charge is 0.336 e. The molecule has 1 aliphatic rings. The average Bonchev–Trinajstić information content (AvgIpc) is 3.40. The Hall–Kier alpha value is -2.89. The number of carbonyl (C=O) groups is 1. The number of hydrogen-bond acceptors (Lipinski definition) is 3. The zero-order chi connectivity index (χ0) is 18.5. The minimum atomic E-state index is 0.141. The molecule has 4 rings (SSSR count). The van der Waals surface area contributed by atoms with Crippen LogP contribution in [0.4, 0.5) is 0 Å². The Bertz CT molecular complexity index is 857. The van der Waals surface area contributed by atoms with Crippen LogP contribution in [-0.2, 0) is 13.1 Å². The van der Waals surface area contributed by atoms with E-state index < -0.39 is 0 Å². The van der Waals surface area contributed by atoms with Crippen molar-refractivity contribution in [2.75, 3.05) is 6.54 Å². The highest BCUT2D eigenvalue weighted by Crippen LogP contribution is 2.23. The summed E-state index contributed by atoms with van der Waals surface area (Å²) in [6.07, 6.45) is 11.8. The molecule has 140 valence electrons. The molecule has 6 nitrogen and oxygen atoms in total. The van der Waals surface area contributed by atoms with Crippen molar-refractivity contribution in [1.82, 2.24) is 24.5 Å². The number of carbonyl (C=O) groups excluding carboxylic acids is 1. The zero-order valence-electron chi connectivity index (χ0n) is 15.4.